The molecule has 16 nitrogen and oxygen atoms in total. The van der Waals surface area contributed by atoms with Crippen molar-refractivity contribution in [3.05, 3.63) is 70.8 Å². The van der Waals surface area contributed by atoms with Gasteiger partial charge in [-0.05, 0) is 56.4 Å². The molecule has 4 heterocycles. The minimum absolute atomic E-state index is 0.00819. The van der Waals surface area contributed by atoms with Gasteiger partial charge in [0, 0.05) is 38.5 Å². The van der Waals surface area contributed by atoms with Crippen LogP contribution in [0.3, 0.4) is 0 Å². The number of fused-ring (bicyclic) bond motifs is 3. The first-order valence-corrected chi connectivity index (χ1v) is 19.8. The predicted molar refractivity (Wildman–Crippen MR) is 204 cm³/mol. The Balaban J connectivity index is 1.35. The van der Waals surface area contributed by atoms with Gasteiger partial charge < -0.3 is 45.2 Å². The summed E-state index contributed by atoms with van der Waals surface area (Å²) in [5.74, 6) is -7.42. The summed E-state index contributed by atoms with van der Waals surface area (Å²) in [6.45, 7) is 6.11. The fourth-order valence-corrected chi connectivity index (χ4v) is 8.15. The van der Waals surface area contributed by atoms with Crippen LogP contribution < -0.4 is 16.0 Å². The predicted octanol–water partition coefficient (Wildman–Crippen LogP) is -0.0958. The van der Waals surface area contributed by atoms with Crippen molar-refractivity contribution in [2.24, 2.45) is 5.92 Å². The van der Waals surface area contributed by atoms with Gasteiger partial charge in [0.15, 0.2) is 0 Å². The van der Waals surface area contributed by atoms with E-state index in [1.54, 1.807) is 24.3 Å². The number of amides is 6. The Hall–Kier alpha value is -5.49. The Morgan fingerprint density at radius 1 is 0.864 bits per heavy atom. The van der Waals surface area contributed by atoms with Gasteiger partial charge in [-0.25, -0.2) is 13.6 Å². The molecule has 9 atom stereocenters. The fraction of sp³-hybridized carbons (Fsp3) is 0.537. The molecule has 0 aromatic heterocycles. The molecule has 0 radical (unpaired) electrons. The number of carbonyl (C=O) groups is 7. The number of aliphatic hydroxyl groups is 1. The SMILES string of the molecule is Cc1ccc(CC(=O)N[C@@H](Cc2cc(F)cc(F)c2)C(=O)N[C@@H]2C(=O)N3C[C@H](O)C[C@H]3C(=O)N3CCOC[C@H]3C(=O)N[C@@H](C)C(=O)N3C[C@H](C)C[C@H]3C(=O)O[C@H]2C)cc1. The third-order valence-corrected chi connectivity index (χ3v) is 11.2. The minimum Gasteiger partial charge on any atom is -0.458 e. The first-order valence-electron chi connectivity index (χ1n) is 19.8. The maximum absolute atomic E-state index is 14.7. The van der Waals surface area contributed by atoms with Gasteiger partial charge in [-0.2, -0.15) is 0 Å². The zero-order valence-corrected chi connectivity index (χ0v) is 33.3. The van der Waals surface area contributed by atoms with Crippen molar-refractivity contribution in [3.63, 3.8) is 0 Å². The van der Waals surface area contributed by atoms with E-state index in [4.69, 9.17) is 9.47 Å². The molecule has 0 aliphatic carbocycles. The number of carbonyl (C=O) groups excluding carboxylic acids is 7. The number of rotatable bonds is 7. The van der Waals surface area contributed by atoms with Gasteiger partial charge in [0.25, 0.3) is 0 Å². The number of ether oxygens (including phenoxy) is 2. The Kier molecular flexibility index (Phi) is 13.3. The van der Waals surface area contributed by atoms with E-state index in [9.17, 15) is 47.4 Å². The number of benzene rings is 2. The lowest BCUT2D eigenvalue weighted by Crippen LogP contribution is -2.64. The van der Waals surface area contributed by atoms with Gasteiger partial charge in [-0.15, -0.1) is 0 Å². The first kappa shape index (κ1) is 43.1. The molecule has 2 aromatic rings. The number of nitrogens with zero attached hydrogens (tertiary/aromatic N) is 3. The van der Waals surface area contributed by atoms with Gasteiger partial charge in [0.2, 0.25) is 35.4 Å². The Bertz CT molecular complexity index is 1950. The number of esters is 1. The van der Waals surface area contributed by atoms with Crippen LogP contribution >= 0.6 is 0 Å². The van der Waals surface area contributed by atoms with E-state index in [1.165, 1.54) is 23.6 Å². The number of nitrogens with one attached hydrogen (secondary N) is 3. The van der Waals surface area contributed by atoms with Crippen LogP contribution in [0.25, 0.3) is 0 Å². The molecule has 2 aromatic carbocycles. The highest BCUT2D eigenvalue weighted by atomic mass is 19.1. The summed E-state index contributed by atoms with van der Waals surface area (Å²) >= 11 is 0. The standard InChI is InChI=1S/C41H50F2N6O10/c1-21-5-7-25(8-6-21)15-34(51)45-30(14-26-12-27(42)16-28(43)13-26)36(52)46-35-24(4)59-41(57)32-11-22(2)18-48(32)38(54)23(3)44-37(53)33-20-58-10-9-47(33)39(55)31-17-29(50)19-49(31)40(35)56/h5-8,12-13,16,22-24,29-33,35,50H,9-11,14-15,17-20H2,1-4H3,(H,44,53)(H,45,51)(H,46,52)/t22-,23+,24+,29-,30+,31+,32+,33+,35+/m1/s1. The van der Waals surface area contributed by atoms with Crippen LogP contribution in [0.5, 0.6) is 0 Å². The normalized spacial score (nSPS) is 28.6. The number of morpholine rings is 1. The summed E-state index contributed by atoms with van der Waals surface area (Å²) in [5, 5.41) is 18.7. The summed E-state index contributed by atoms with van der Waals surface area (Å²) in [5.41, 5.74) is 1.58. The molecule has 0 bridgehead atoms. The number of hydrogen-bond donors (Lipinski definition) is 4. The summed E-state index contributed by atoms with van der Waals surface area (Å²) in [6, 6.07) is 1.68. The van der Waals surface area contributed by atoms with Crippen molar-refractivity contribution >= 4 is 41.4 Å². The van der Waals surface area contributed by atoms with Gasteiger partial charge in [-0.1, -0.05) is 36.8 Å². The van der Waals surface area contributed by atoms with E-state index in [0.29, 0.717) is 11.6 Å². The third kappa shape index (κ3) is 10.0. The van der Waals surface area contributed by atoms with Crippen LogP contribution in [0.2, 0.25) is 0 Å². The van der Waals surface area contributed by atoms with E-state index in [2.05, 4.69) is 16.0 Å². The molecule has 4 aliphatic heterocycles. The average molecular weight is 825 g/mol. The van der Waals surface area contributed by atoms with Gasteiger partial charge >= 0.3 is 5.97 Å². The molecule has 6 amide bonds. The second kappa shape index (κ2) is 18.2. The zero-order chi connectivity index (χ0) is 42.7. The Morgan fingerprint density at radius 3 is 2.24 bits per heavy atom. The largest absolute Gasteiger partial charge is 0.458 e. The van der Waals surface area contributed by atoms with Gasteiger partial charge in [0.1, 0.15) is 54.0 Å². The number of aliphatic hydroxyl groups excluding tert-OH is 1. The molecular weight excluding hydrogens is 774 g/mol. The van der Waals surface area contributed by atoms with Crippen LogP contribution in [0, 0.1) is 24.5 Å². The van der Waals surface area contributed by atoms with Crippen molar-refractivity contribution in [1.29, 1.82) is 0 Å². The zero-order valence-electron chi connectivity index (χ0n) is 33.3. The highest BCUT2D eigenvalue weighted by Crippen LogP contribution is 2.28. The Labute approximate surface area is 339 Å². The first-order chi connectivity index (χ1) is 28.0. The monoisotopic (exact) mass is 824 g/mol. The van der Waals surface area contributed by atoms with Crippen molar-refractivity contribution < 1.29 is 56.9 Å². The molecule has 59 heavy (non-hydrogen) atoms. The lowest BCUT2D eigenvalue weighted by atomic mass is 10.0. The lowest BCUT2D eigenvalue weighted by molar-refractivity contribution is -0.164. The molecule has 0 spiro atoms. The topological polar surface area (TPSA) is 204 Å². The molecular formula is C41H50F2N6O10. The number of hydrogen-bond acceptors (Lipinski definition) is 10. The summed E-state index contributed by atoms with van der Waals surface area (Å²) in [7, 11) is 0. The van der Waals surface area contributed by atoms with Crippen LogP contribution in [0.1, 0.15) is 50.3 Å². The summed E-state index contributed by atoms with van der Waals surface area (Å²) in [6.07, 6.45) is -3.27. The van der Waals surface area contributed by atoms with Crippen molar-refractivity contribution in [2.75, 3.05) is 32.8 Å². The van der Waals surface area contributed by atoms with Crippen molar-refractivity contribution in [3.8, 4) is 0 Å². The molecule has 4 aliphatic rings. The van der Waals surface area contributed by atoms with E-state index >= 15 is 0 Å². The third-order valence-electron chi connectivity index (χ3n) is 11.2. The number of cyclic esters (lactones) is 1. The average Bonchev–Trinajstić information content (AvgIpc) is 3.78. The fourth-order valence-electron chi connectivity index (χ4n) is 8.15. The maximum atomic E-state index is 14.7. The summed E-state index contributed by atoms with van der Waals surface area (Å²) in [4.78, 5) is 102. The quantitative estimate of drug-likeness (QED) is 0.273. The van der Waals surface area contributed by atoms with Gasteiger partial charge in [-0.3, -0.25) is 28.8 Å². The molecule has 4 saturated heterocycles. The number of aryl methyl sites for hydroxylation is 1. The van der Waals surface area contributed by atoms with E-state index in [1.807, 2.05) is 13.8 Å². The van der Waals surface area contributed by atoms with Crippen molar-refractivity contribution in [1.82, 2.24) is 30.7 Å². The summed E-state index contributed by atoms with van der Waals surface area (Å²) < 4.78 is 40.1. The van der Waals surface area contributed by atoms with E-state index in [-0.39, 0.29) is 63.6 Å². The molecule has 4 fully saturated rings. The van der Waals surface area contributed by atoms with Crippen LogP contribution in [0.15, 0.2) is 42.5 Å². The lowest BCUT2D eigenvalue weighted by Gasteiger charge is -2.39. The highest BCUT2D eigenvalue weighted by Gasteiger charge is 2.49. The second-order valence-corrected chi connectivity index (χ2v) is 16.0. The van der Waals surface area contributed by atoms with Crippen molar-refractivity contribution in [2.45, 2.75) is 102 Å². The van der Waals surface area contributed by atoms with Crippen LogP contribution in [-0.2, 0) is 55.9 Å². The van der Waals surface area contributed by atoms with Crippen LogP contribution in [0.4, 0.5) is 8.78 Å². The molecule has 4 N–H and O–H groups in total. The molecule has 0 saturated carbocycles. The van der Waals surface area contributed by atoms with E-state index < -0.39 is 108 Å². The molecule has 0 unspecified atom stereocenters. The number of halogens is 2. The second-order valence-electron chi connectivity index (χ2n) is 16.0. The highest BCUT2D eigenvalue weighted by molar-refractivity contribution is 5.98. The van der Waals surface area contributed by atoms with Crippen LogP contribution in [-0.4, -0.2) is 143 Å². The smallest absolute Gasteiger partial charge is 0.329 e. The van der Waals surface area contributed by atoms with E-state index in [0.717, 1.165) is 22.6 Å². The maximum Gasteiger partial charge on any atom is 0.329 e. The molecule has 18 heteroatoms. The molecule has 6 rings (SSSR count). The molecule has 318 valence electrons. The Morgan fingerprint density at radius 2 is 1.54 bits per heavy atom. The van der Waals surface area contributed by atoms with Gasteiger partial charge in [0.05, 0.1) is 25.7 Å². The minimum atomic E-state index is -1.74.